The summed E-state index contributed by atoms with van der Waals surface area (Å²) < 4.78 is 2.05. The number of fused-ring (bicyclic) bond motifs is 1. The molecule has 0 radical (unpaired) electrons. The van der Waals surface area contributed by atoms with Crippen molar-refractivity contribution in [1.82, 2.24) is 14.5 Å². The van der Waals surface area contributed by atoms with Gasteiger partial charge in [0.15, 0.2) is 0 Å². The van der Waals surface area contributed by atoms with Gasteiger partial charge in [-0.15, -0.1) is 0 Å². The van der Waals surface area contributed by atoms with E-state index in [0.717, 1.165) is 48.4 Å². The number of hydrogen-bond donors (Lipinski definition) is 0. The molecule has 1 amide bonds. The Hall–Kier alpha value is -1.84. The highest BCUT2D eigenvalue weighted by Crippen LogP contribution is 2.19. The van der Waals surface area contributed by atoms with Crippen molar-refractivity contribution in [1.29, 1.82) is 0 Å². The number of aryl methyl sites for hydroxylation is 2. The zero-order valence-electron chi connectivity index (χ0n) is 12.2. The van der Waals surface area contributed by atoms with Crippen molar-refractivity contribution in [3.8, 4) is 0 Å². The molecule has 20 heavy (non-hydrogen) atoms. The molecule has 0 spiro atoms. The molecular weight excluding hydrogens is 250 g/mol. The monoisotopic (exact) mass is 271 g/mol. The third-order valence-corrected chi connectivity index (χ3v) is 4.24. The normalized spacial score (nSPS) is 16.4. The zero-order valence-corrected chi connectivity index (χ0v) is 12.2. The molecule has 3 rings (SSSR count). The van der Waals surface area contributed by atoms with Crippen molar-refractivity contribution >= 4 is 16.9 Å². The predicted molar refractivity (Wildman–Crippen MR) is 79.8 cm³/mol. The lowest BCUT2D eigenvalue weighted by Crippen LogP contribution is -2.31. The fourth-order valence-electron chi connectivity index (χ4n) is 2.91. The van der Waals surface area contributed by atoms with Gasteiger partial charge in [0.2, 0.25) is 0 Å². The first kappa shape index (κ1) is 13.2. The van der Waals surface area contributed by atoms with E-state index in [2.05, 4.69) is 9.55 Å². The van der Waals surface area contributed by atoms with Gasteiger partial charge in [-0.3, -0.25) is 4.79 Å². The van der Waals surface area contributed by atoms with Crippen LogP contribution < -0.4 is 0 Å². The summed E-state index contributed by atoms with van der Waals surface area (Å²) in [4.78, 5) is 19.1. The van der Waals surface area contributed by atoms with Gasteiger partial charge in [-0.2, -0.15) is 0 Å². The summed E-state index contributed by atoms with van der Waals surface area (Å²) in [6.45, 7) is 3.76. The Morgan fingerprint density at radius 3 is 2.55 bits per heavy atom. The first-order chi connectivity index (χ1) is 9.66. The van der Waals surface area contributed by atoms with Crippen LogP contribution in [0.15, 0.2) is 18.2 Å². The largest absolute Gasteiger partial charge is 0.339 e. The minimum atomic E-state index is 0.150. The molecule has 1 aliphatic heterocycles. The van der Waals surface area contributed by atoms with E-state index >= 15 is 0 Å². The van der Waals surface area contributed by atoms with Gasteiger partial charge < -0.3 is 9.47 Å². The van der Waals surface area contributed by atoms with E-state index in [1.165, 1.54) is 12.8 Å². The number of carbonyl (C=O) groups excluding carboxylic acids is 1. The van der Waals surface area contributed by atoms with Crippen molar-refractivity contribution in [2.75, 3.05) is 13.1 Å². The number of carbonyl (C=O) groups is 1. The second-order valence-corrected chi connectivity index (χ2v) is 5.63. The first-order valence-electron chi connectivity index (χ1n) is 7.39. The number of hydrogen-bond acceptors (Lipinski definition) is 2. The molecule has 1 fully saturated rings. The highest BCUT2D eigenvalue weighted by atomic mass is 16.2. The van der Waals surface area contributed by atoms with Crippen molar-refractivity contribution < 1.29 is 4.79 Å². The summed E-state index contributed by atoms with van der Waals surface area (Å²) in [5.74, 6) is 1.12. The molecule has 0 bridgehead atoms. The van der Waals surface area contributed by atoms with Gasteiger partial charge in [0.05, 0.1) is 11.0 Å². The molecule has 106 valence electrons. The minimum absolute atomic E-state index is 0.150. The second kappa shape index (κ2) is 5.27. The van der Waals surface area contributed by atoms with Crippen molar-refractivity contribution in [2.24, 2.45) is 7.05 Å². The summed E-state index contributed by atoms with van der Waals surface area (Å²) in [5.41, 5.74) is 2.75. The summed E-state index contributed by atoms with van der Waals surface area (Å²) in [6, 6.07) is 5.85. The maximum Gasteiger partial charge on any atom is 0.253 e. The van der Waals surface area contributed by atoms with Gasteiger partial charge in [0.25, 0.3) is 5.91 Å². The first-order valence-corrected chi connectivity index (χ1v) is 7.39. The van der Waals surface area contributed by atoms with E-state index in [9.17, 15) is 4.79 Å². The number of imidazole rings is 1. The molecule has 1 aliphatic rings. The van der Waals surface area contributed by atoms with Crippen molar-refractivity contribution in [3.05, 3.63) is 29.6 Å². The Bertz CT molecular complexity index is 636. The highest BCUT2D eigenvalue weighted by Gasteiger charge is 2.18. The standard InChI is InChI=1S/C16H21N3O/c1-12-17-14-11-13(7-8-15(14)18(12)2)16(20)19-9-5-3-4-6-10-19/h7-8,11H,3-6,9-10H2,1-2H3. The van der Waals surface area contributed by atoms with Crippen LogP contribution in [0.4, 0.5) is 0 Å². The average Bonchev–Trinajstić information content (AvgIpc) is 2.65. The SMILES string of the molecule is Cc1nc2cc(C(=O)N3CCCCCC3)ccc2n1C. The molecule has 0 N–H and O–H groups in total. The maximum absolute atomic E-state index is 12.6. The smallest absolute Gasteiger partial charge is 0.253 e. The third kappa shape index (κ3) is 2.30. The minimum Gasteiger partial charge on any atom is -0.339 e. The van der Waals surface area contributed by atoms with Crippen molar-refractivity contribution in [2.45, 2.75) is 32.6 Å². The highest BCUT2D eigenvalue weighted by molar-refractivity contribution is 5.97. The second-order valence-electron chi connectivity index (χ2n) is 5.63. The Kier molecular flexibility index (Phi) is 3.47. The number of nitrogens with zero attached hydrogens (tertiary/aromatic N) is 3. The molecule has 2 aromatic rings. The van der Waals surface area contributed by atoms with Crippen LogP contribution in [0.5, 0.6) is 0 Å². The topological polar surface area (TPSA) is 38.1 Å². The number of aromatic nitrogens is 2. The maximum atomic E-state index is 12.6. The van der Waals surface area contributed by atoms with Gasteiger partial charge in [-0.05, 0) is 38.0 Å². The van der Waals surface area contributed by atoms with Gasteiger partial charge >= 0.3 is 0 Å². The van der Waals surface area contributed by atoms with Gasteiger partial charge in [-0.1, -0.05) is 12.8 Å². The summed E-state index contributed by atoms with van der Waals surface area (Å²) in [7, 11) is 2.00. The number of benzene rings is 1. The molecule has 1 aromatic carbocycles. The molecule has 0 atom stereocenters. The van der Waals surface area contributed by atoms with Gasteiger partial charge in [0, 0.05) is 25.7 Å². The molecule has 4 heteroatoms. The number of amides is 1. The van der Waals surface area contributed by atoms with Crippen LogP contribution in [0.25, 0.3) is 11.0 Å². The van der Waals surface area contributed by atoms with Crippen LogP contribution in [-0.4, -0.2) is 33.4 Å². The lowest BCUT2D eigenvalue weighted by atomic mass is 10.1. The Labute approximate surface area is 119 Å². The van der Waals surface area contributed by atoms with E-state index in [1.54, 1.807) is 0 Å². The van der Waals surface area contributed by atoms with E-state index in [1.807, 2.05) is 37.1 Å². The van der Waals surface area contributed by atoms with Crippen LogP contribution in [0, 0.1) is 6.92 Å². The lowest BCUT2D eigenvalue weighted by molar-refractivity contribution is 0.0762. The molecule has 1 saturated heterocycles. The third-order valence-electron chi connectivity index (χ3n) is 4.24. The van der Waals surface area contributed by atoms with E-state index in [0.29, 0.717) is 0 Å². The summed E-state index contributed by atoms with van der Waals surface area (Å²) in [5, 5.41) is 0. The Morgan fingerprint density at radius 2 is 1.85 bits per heavy atom. The Balaban J connectivity index is 1.91. The molecule has 1 aromatic heterocycles. The fraction of sp³-hybridized carbons (Fsp3) is 0.500. The number of likely N-dealkylation sites (tertiary alicyclic amines) is 1. The van der Waals surface area contributed by atoms with E-state index in [-0.39, 0.29) is 5.91 Å². The fourth-order valence-corrected chi connectivity index (χ4v) is 2.91. The molecule has 4 nitrogen and oxygen atoms in total. The van der Waals surface area contributed by atoms with E-state index in [4.69, 9.17) is 0 Å². The van der Waals surface area contributed by atoms with Crippen LogP contribution in [0.2, 0.25) is 0 Å². The van der Waals surface area contributed by atoms with Gasteiger partial charge in [-0.25, -0.2) is 4.98 Å². The average molecular weight is 271 g/mol. The van der Waals surface area contributed by atoms with Crippen LogP contribution >= 0.6 is 0 Å². The molecular formula is C16H21N3O. The zero-order chi connectivity index (χ0) is 14.1. The van der Waals surface area contributed by atoms with Crippen LogP contribution in [0.1, 0.15) is 41.9 Å². The summed E-state index contributed by atoms with van der Waals surface area (Å²) in [6.07, 6.45) is 4.72. The van der Waals surface area contributed by atoms with Crippen LogP contribution in [0.3, 0.4) is 0 Å². The quantitative estimate of drug-likeness (QED) is 0.800. The van der Waals surface area contributed by atoms with Crippen molar-refractivity contribution in [3.63, 3.8) is 0 Å². The molecule has 0 unspecified atom stereocenters. The molecule has 0 saturated carbocycles. The lowest BCUT2D eigenvalue weighted by Gasteiger charge is -2.20. The molecule has 0 aliphatic carbocycles. The predicted octanol–water partition coefficient (Wildman–Crippen LogP) is 2.90. The Morgan fingerprint density at radius 1 is 1.15 bits per heavy atom. The van der Waals surface area contributed by atoms with E-state index < -0.39 is 0 Å². The summed E-state index contributed by atoms with van der Waals surface area (Å²) >= 11 is 0. The number of rotatable bonds is 1. The van der Waals surface area contributed by atoms with Gasteiger partial charge in [0.1, 0.15) is 5.82 Å². The van der Waals surface area contributed by atoms with Crippen LogP contribution in [-0.2, 0) is 7.05 Å². The molecule has 2 heterocycles.